The van der Waals surface area contributed by atoms with E-state index in [2.05, 4.69) is 12.8 Å². The van der Waals surface area contributed by atoms with Gasteiger partial charge in [0.05, 0.1) is 0 Å². The number of hydrogen-bond acceptors (Lipinski definition) is 5. The Hall–Kier alpha value is -0.271. The molecule has 2 atom stereocenters. The number of carboxylic acid groups (broad SMARTS) is 1. The molecule has 0 bridgehead atoms. The SMILES string of the molecule is O=C(O)C(C[SeH])N([S-])C(=O)C(O)CO. The number of carboxylic acids is 1. The van der Waals surface area contributed by atoms with Crippen LogP contribution in [0.15, 0.2) is 0 Å². The van der Waals surface area contributed by atoms with Crippen LogP contribution in [-0.2, 0) is 22.4 Å². The predicted octanol–water partition coefficient (Wildman–Crippen LogP) is -2.60. The molecule has 6 nitrogen and oxygen atoms in total. The first-order chi connectivity index (χ1) is 6.45. The summed E-state index contributed by atoms with van der Waals surface area (Å²) in [5.74, 6) is -2.24. The number of nitrogens with zero attached hydrogens (tertiary/aromatic N) is 1. The average molecular weight is 287 g/mol. The van der Waals surface area contributed by atoms with Crippen LogP contribution in [0.2, 0.25) is 5.32 Å². The summed E-state index contributed by atoms with van der Waals surface area (Å²) in [7, 11) is 0. The molecule has 1 amide bonds. The van der Waals surface area contributed by atoms with Crippen LogP contribution in [0.25, 0.3) is 0 Å². The molecule has 0 heterocycles. The molecule has 0 saturated carbocycles. The van der Waals surface area contributed by atoms with Gasteiger partial charge in [-0.1, -0.05) is 0 Å². The molecule has 0 spiro atoms. The summed E-state index contributed by atoms with van der Waals surface area (Å²) < 4.78 is 0.488. The van der Waals surface area contributed by atoms with Gasteiger partial charge in [-0.2, -0.15) is 0 Å². The van der Waals surface area contributed by atoms with Crippen molar-refractivity contribution in [3.63, 3.8) is 0 Å². The average Bonchev–Trinajstić information content (AvgIpc) is 2.15. The normalized spacial score (nSPS) is 14.6. The molecule has 0 aliphatic heterocycles. The zero-order chi connectivity index (χ0) is 11.3. The Labute approximate surface area is 94.3 Å². The van der Waals surface area contributed by atoms with Crippen molar-refractivity contribution in [2.75, 3.05) is 6.61 Å². The van der Waals surface area contributed by atoms with Gasteiger partial charge in [-0.15, -0.1) is 0 Å². The summed E-state index contributed by atoms with van der Waals surface area (Å²) in [4.78, 5) is 21.7. The zero-order valence-corrected chi connectivity index (χ0v) is 9.72. The molecule has 0 saturated heterocycles. The van der Waals surface area contributed by atoms with Crippen molar-refractivity contribution in [3.8, 4) is 0 Å². The molecule has 0 aliphatic carbocycles. The third kappa shape index (κ3) is 3.47. The molecule has 3 N–H and O–H groups in total. The van der Waals surface area contributed by atoms with Crippen LogP contribution in [0.3, 0.4) is 0 Å². The molecule has 82 valence electrons. The maximum atomic E-state index is 11.1. The molecule has 8 heteroatoms. The Kier molecular flexibility index (Phi) is 6.14. The molecule has 0 aromatic rings. The van der Waals surface area contributed by atoms with Gasteiger partial charge >= 0.3 is 94.0 Å². The van der Waals surface area contributed by atoms with Crippen molar-refractivity contribution in [2.45, 2.75) is 17.5 Å². The number of aliphatic carboxylic acids is 1. The Bertz CT molecular complexity index is 226. The van der Waals surface area contributed by atoms with Gasteiger partial charge in [-0.3, -0.25) is 0 Å². The van der Waals surface area contributed by atoms with Gasteiger partial charge in [0.2, 0.25) is 0 Å². The van der Waals surface area contributed by atoms with E-state index < -0.39 is 30.6 Å². The summed E-state index contributed by atoms with van der Waals surface area (Å²) in [5.41, 5.74) is 0. The molecule has 0 fully saturated rings. The summed E-state index contributed by atoms with van der Waals surface area (Å²) in [6.45, 7) is -0.781. The first kappa shape index (κ1) is 13.7. The van der Waals surface area contributed by atoms with E-state index in [1.54, 1.807) is 0 Å². The van der Waals surface area contributed by atoms with Crippen LogP contribution in [0, 0.1) is 0 Å². The number of aliphatic hydroxyl groups is 2. The van der Waals surface area contributed by atoms with Crippen molar-refractivity contribution in [3.05, 3.63) is 0 Å². The standard InChI is InChI=1S/C6H10NO5SSe/c8-1-4(9)5(10)7(13)3(2-14)6(11)12/h3-4,8-9,14H,1-2H2,(H,11,12)/q-1. The van der Waals surface area contributed by atoms with Crippen molar-refractivity contribution in [2.24, 2.45) is 0 Å². The van der Waals surface area contributed by atoms with E-state index in [4.69, 9.17) is 15.3 Å². The molecule has 14 heavy (non-hydrogen) atoms. The van der Waals surface area contributed by atoms with Crippen LogP contribution >= 0.6 is 0 Å². The maximum absolute atomic E-state index is 11.1. The van der Waals surface area contributed by atoms with Crippen molar-refractivity contribution >= 4 is 40.7 Å². The van der Waals surface area contributed by atoms with Gasteiger partial charge < -0.3 is 0 Å². The second kappa shape index (κ2) is 6.26. The van der Waals surface area contributed by atoms with Crippen molar-refractivity contribution in [1.29, 1.82) is 0 Å². The van der Waals surface area contributed by atoms with E-state index in [0.29, 0.717) is 4.31 Å². The van der Waals surface area contributed by atoms with E-state index in [9.17, 15) is 9.59 Å². The van der Waals surface area contributed by atoms with E-state index in [1.807, 2.05) is 16.0 Å². The van der Waals surface area contributed by atoms with Gasteiger partial charge in [0.25, 0.3) is 0 Å². The van der Waals surface area contributed by atoms with Crippen LogP contribution in [0.1, 0.15) is 0 Å². The fourth-order valence-electron chi connectivity index (χ4n) is 0.631. The first-order valence-electron chi connectivity index (χ1n) is 3.58. The molecular formula is C6H10NO5SSe-. The number of hydrogen-bond donors (Lipinski definition) is 3. The third-order valence-electron chi connectivity index (χ3n) is 1.42. The number of rotatable bonds is 5. The summed E-state index contributed by atoms with van der Waals surface area (Å²) >= 11 is 6.51. The second-order valence-corrected chi connectivity index (χ2v) is 3.56. The minimum absolute atomic E-state index is 0.0791. The number of aliphatic hydroxyl groups excluding tert-OH is 2. The van der Waals surface area contributed by atoms with Crippen LogP contribution in [-0.4, -0.2) is 66.3 Å². The molecule has 0 aromatic carbocycles. The Balaban J connectivity index is 4.49. The van der Waals surface area contributed by atoms with Crippen LogP contribution in [0.5, 0.6) is 0 Å². The van der Waals surface area contributed by atoms with Gasteiger partial charge in [0.15, 0.2) is 0 Å². The second-order valence-electron chi connectivity index (χ2n) is 2.40. The molecule has 0 aromatic heterocycles. The van der Waals surface area contributed by atoms with Gasteiger partial charge in [0, 0.05) is 0 Å². The summed E-state index contributed by atoms with van der Waals surface area (Å²) in [5, 5.41) is 26.1. The number of carbonyl (C=O) groups excluding carboxylic acids is 1. The zero-order valence-electron chi connectivity index (χ0n) is 7.03. The third-order valence-corrected chi connectivity index (χ3v) is 2.58. The van der Waals surface area contributed by atoms with Crippen molar-refractivity contribution < 1.29 is 24.9 Å². The van der Waals surface area contributed by atoms with Gasteiger partial charge in [0.1, 0.15) is 0 Å². The monoisotopic (exact) mass is 288 g/mol. The Morgan fingerprint density at radius 2 is 2.00 bits per heavy atom. The number of carbonyl (C=O) groups is 2. The molecule has 0 rings (SSSR count). The molecular weight excluding hydrogens is 277 g/mol. The van der Waals surface area contributed by atoms with E-state index >= 15 is 0 Å². The topological polar surface area (TPSA) is 98.1 Å². The Morgan fingerprint density at radius 3 is 2.29 bits per heavy atom. The predicted molar refractivity (Wildman–Crippen MR) is 50.7 cm³/mol. The van der Waals surface area contributed by atoms with Gasteiger partial charge in [-0.25, -0.2) is 0 Å². The molecule has 0 aliphatic rings. The van der Waals surface area contributed by atoms with Crippen LogP contribution < -0.4 is 0 Å². The molecule has 2 unspecified atom stereocenters. The fraction of sp³-hybridized carbons (Fsp3) is 0.667. The Morgan fingerprint density at radius 1 is 1.50 bits per heavy atom. The van der Waals surface area contributed by atoms with Crippen molar-refractivity contribution in [1.82, 2.24) is 4.31 Å². The first-order valence-corrected chi connectivity index (χ1v) is 5.27. The van der Waals surface area contributed by atoms with E-state index in [-0.39, 0.29) is 5.32 Å². The number of amides is 1. The van der Waals surface area contributed by atoms with E-state index in [1.165, 1.54) is 0 Å². The van der Waals surface area contributed by atoms with E-state index in [0.717, 1.165) is 0 Å². The quantitative estimate of drug-likeness (QED) is 0.379. The summed E-state index contributed by atoms with van der Waals surface area (Å²) in [6.07, 6.45) is -1.66. The minimum atomic E-state index is -1.66. The van der Waals surface area contributed by atoms with Gasteiger partial charge in [-0.05, 0) is 0 Å². The summed E-state index contributed by atoms with van der Waals surface area (Å²) in [6, 6.07) is -1.18. The molecule has 0 radical (unpaired) electrons. The fourth-order valence-corrected chi connectivity index (χ4v) is 1.83. The van der Waals surface area contributed by atoms with Crippen LogP contribution in [0.4, 0.5) is 0 Å².